The van der Waals surface area contributed by atoms with Crippen LogP contribution in [-0.2, 0) is 11.2 Å². The molecule has 0 radical (unpaired) electrons. The summed E-state index contributed by atoms with van der Waals surface area (Å²) in [5.74, 6) is -0.183. The fraction of sp³-hybridized carbons (Fsp3) is 0.350. The van der Waals surface area contributed by atoms with Crippen molar-refractivity contribution in [3.05, 3.63) is 65.2 Å². The molecule has 0 bridgehead atoms. The van der Waals surface area contributed by atoms with Gasteiger partial charge >= 0.3 is 5.97 Å². The highest BCUT2D eigenvalue weighted by Crippen LogP contribution is 2.18. The Morgan fingerprint density at radius 2 is 1.96 bits per heavy atom. The molecule has 0 unspecified atom stereocenters. The molecule has 5 nitrogen and oxygen atoms in total. The second-order valence-electron chi connectivity index (χ2n) is 6.15. The Balaban J connectivity index is 1.81. The largest absolute Gasteiger partial charge is 0.508 e. The zero-order chi connectivity index (χ0) is 18.2. The molecule has 0 fully saturated rings. The highest BCUT2D eigenvalue weighted by molar-refractivity contribution is 5.89. The number of aryl methyl sites for hydroxylation is 1. The number of nitrogens with one attached hydrogen (secondary N) is 1. The highest BCUT2D eigenvalue weighted by atomic mass is 16.5. The lowest BCUT2D eigenvalue weighted by Crippen LogP contribution is -2.30. The summed E-state index contributed by atoms with van der Waals surface area (Å²) in [4.78, 5) is 11.6. The van der Waals surface area contributed by atoms with Crippen molar-refractivity contribution >= 4 is 5.97 Å². The maximum atomic E-state index is 11.6. The van der Waals surface area contributed by atoms with Crippen LogP contribution in [0.5, 0.6) is 5.75 Å². The zero-order valence-electron chi connectivity index (χ0n) is 14.6. The predicted octanol–water partition coefficient (Wildman–Crippen LogP) is 2.82. The number of aliphatic hydroxyl groups is 1. The van der Waals surface area contributed by atoms with Gasteiger partial charge in [-0.2, -0.15) is 0 Å². The van der Waals surface area contributed by atoms with Crippen LogP contribution in [0, 0.1) is 0 Å². The Hall–Kier alpha value is -2.37. The highest BCUT2D eigenvalue weighted by Gasteiger charge is 2.11. The Morgan fingerprint density at radius 1 is 1.20 bits per heavy atom. The topological polar surface area (TPSA) is 78.8 Å². The van der Waals surface area contributed by atoms with Gasteiger partial charge in [-0.15, -0.1) is 0 Å². The number of phenolic OH excluding ortho intramolecular Hbond substituents is 1. The van der Waals surface area contributed by atoms with Crippen LogP contribution in [0.3, 0.4) is 0 Å². The Bertz CT molecular complexity index is 702. The first-order chi connectivity index (χ1) is 12.0. The average molecular weight is 343 g/mol. The van der Waals surface area contributed by atoms with Gasteiger partial charge in [0.2, 0.25) is 0 Å². The van der Waals surface area contributed by atoms with E-state index in [4.69, 9.17) is 4.74 Å². The molecule has 0 aliphatic carbocycles. The normalized spacial score (nSPS) is 13.2. The molecule has 0 aliphatic rings. The van der Waals surface area contributed by atoms with Crippen molar-refractivity contribution in [2.24, 2.45) is 0 Å². The van der Waals surface area contributed by atoms with E-state index >= 15 is 0 Å². The molecular formula is C20H25NO4. The van der Waals surface area contributed by atoms with E-state index in [1.165, 1.54) is 7.11 Å². The van der Waals surface area contributed by atoms with E-state index in [1.807, 2.05) is 18.2 Å². The lowest BCUT2D eigenvalue weighted by atomic mass is 10.0. The maximum Gasteiger partial charge on any atom is 0.337 e. The number of aliphatic hydroxyl groups excluding tert-OH is 1. The zero-order valence-corrected chi connectivity index (χ0v) is 14.6. The van der Waals surface area contributed by atoms with Crippen molar-refractivity contribution in [2.75, 3.05) is 13.7 Å². The minimum absolute atomic E-state index is 0.148. The molecular weight excluding hydrogens is 318 g/mol. The standard InChI is InChI=1S/C20H25NO4/c1-14(21-13-19(23)16-6-4-8-18(22)12-16)9-10-15-5-3-7-17(11-15)20(24)25-2/h3-8,11-12,14,19,21-23H,9-10,13H2,1-2H3/t14-,19+/m1/s1. The monoisotopic (exact) mass is 343 g/mol. The van der Waals surface area contributed by atoms with Crippen LogP contribution in [0.15, 0.2) is 48.5 Å². The molecule has 134 valence electrons. The molecule has 0 spiro atoms. The van der Waals surface area contributed by atoms with Crippen LogP contribution in [-0.4, -0.2) is 35.9 Å². The molecule has 2 aromatic rings. The Labute approximate surface area is 148 Å². The first-order valence-electron chi connectivity index (χ1n) is 8.37. The molecule has 2 atom stereocenters. The fourth-order valence-corrected chi connectivity index (χ4v) is 2.62. The van der Waals surface area contributed by atoms with Gasteiger partial charge in [0.05, 0.1) is 18.8 Å². The Kier molecular flexibility index (Phi) is 6.98. The van der Waals surface area contributed by atoms with E-state index in [0.29, 0.717) is 17.7 Å². The number of carbonyl (C=O) groups is 1. The van der Waals surface area contributed by atoms with Crippen LogP contribution in [0.2, 0.25) is 0 Å². The molecule has 0 aromatic heterocycles. The van der Waals surface area contributed by atoms with E-state index in [1.54, 1.807) is 30.3 Å². The quantitative estimate of drug-likeness (QED) is 0.643. The molecule has 0 amide bonds. The van der Waals surface area contributed by atoms with E-state index in [0.717, 1.165) is 18.4 Å². The summed E-state index contributed by atoms with van der Waals surface area (Å²) in [7, 11) is 1.37. The second-order valence-corrected chi connectivity index (χ2v) is 6.15. The average Bonchev–Trinajstić information content (AvgIpc) is 2.64. The minimum Gasteiger partial charge on any atom is -0.508 e. The molecule has 2 aromatic carbocycles. The third kappa shape index (κ3) is 5.89. The van der Waals surface area contributed by atoms with Crippen LogP contribution in [0.1, 0.15) is 40.9 Å². The molecule has 0 aliphatic heterocycles. The number of rotatable bonds is 8. The van der Waals surface area contributed by atoms with E-state index in [9.17, 15) is 15.0 Å². The van der Waals surface area contributed by atoms with E-state index < -0.39 is 6.10 Å². The molecule has 25 heavy (non-hydrogen) atoms. The molecule has 0 saturated heterocycles. The minimum atomic E-state index is -0.669. The van der Waals surface area contributed by atoms with Crippen LogP contribution >= 0.6 is 0 Å². The van der Waals surface area contributed by atoms with E-state index in [2.05, 4.69) is 12.2 Å². The Morgan fingerprint density at radius 3 is 2.68 bits per heavy atom. The van der Waals surface area contributed by atoms with Crippen LogP contribution < -0.4 is 5.32 Å². The number of ether oxygens (including phenoxy) is 1. The molecule has 0 heterocycles. The van der Waals surface area contributed by atoms with Crippen LogP contribution in [0.4, 0.5) is 0 Å². The van der Waals surface area contributed by atoms with Gasteiger partial charge in [0.15, 0.2) is 0 Å². The molecule has 2 rings (SSSR count). The summed E-state index contributed by atoms with van der Waals surface area (Å²) in [5, 5.41) is 22.9. The van der Waals surface area contributed by atoms with Gasteiger partial charge in [0, 0.05) is 12.6 Å². The summed E-state index contributed by atoms with van der Waals surface area (Å²) >= 11 is 0. The van der Waals surface area contributed by atoms with Crippen molar-refractivity contribution < 1.29 is 19.7 Å². The molecule has 5 heteroatoms. The maximum absolute atomic E-state index is 11.6. The third-order valence-corrected chi connectivity index (χ3v) is 4.13. The van der Waals surface area contributed by atoms with Crippen molar-refractivity contribution in [1.82, 2.24) is 5.32 Å². The van der Waals surface area contributed by atoms with Gasteiger partial charge in [0.1, 0.15) is 5.75 Å². The number of carbonyl (C=O) groups excluding carboxylic acids is 1. The van der Waals surface area contributed by atoms with Crippen molar-refractivity contribution in [1.29, 1.82) is 0 Å². The number of benzene rings is 2. The number of esters is 1. The summed E-state index contributed by atoms with van der Waals surface area (Å²) in [6.45, 7) is 2.46. The van der Waals surface area contributed by atoms with Gasteiger partial charge in [-0.05, 0) is 55.2 Å². The second kappa shape index (κ2) is 9.20. The van der Waals surface area contributed by atoms with Gasteiger partial charge in [-0.25, -0.2) is 4.79 Å². The number of methoxy groups -OCH3 is 1. The van der Waals surface area contributed by atoms with Crippen molar-refractivity contribution in [2.45, 2.75) is 31.9 Å². The number of hydrogen-bond acceptors (Lipinski definition) is 5. The summed E-state index contributed by atoms with van der Waals surface area (Å²) in [6.07, 6.45) is 1.02. The first kappa shape index (κ1) is 19.0. The van der Waals surface area contributed by atoms with Crippen molar-refractivity contribution in [3.8, 4) is 5.75 Å². The van der Waals surface area contributed by atoms with Crippen LogP contribution in [0.25, 0.3) is 0 Å². The lowest BCUT2D eigenvalue weighted by Gasteiger charge is -2.17. The molecule has 0 saturated carbocycles. The summed E-state index contributed by atoms with van der Waals surface area (Å²) in [6, 6.07) is 14.3. The summed E-state index contributed by atoms with van der Waals surface area (Å²) < 4.78 is 4.74. The molecule has 3 N–H and O–H groups in total. The predicted molar refractivity (Wildman–Crippen MR) is 96.6 cm³/mol. The van der Waals surface area contributed by atoms with Gasteiger partial charge in [-0.3, -0.25) is 0 Å². The first-order valence-corrected chi connectivity index (χ1v) is 8.37. The number of aromatic hydroxyl groups is 1. The van der Waals surface area contributed by atoms with E-state index in [-0.39, 0.29) is 17.8 Å². The smallest absolute Gasteiger partial charge is 0.337 e. The van der Waals surface area contributed by atoms with Gasteiger partial charge in [-0.1, -0.05) is 24.3 Å². The third-order valence-electron chi connectivity index (χ3n) is 4.13. The van der Waals surface area contributed by atoms with Crippen molar-refractivity contribution in [3.63, 3.8) is 0 Å². The SMILES string of the molecule is COC(=O)c1cccc(CC[C@@H](C)NC[C@H](O)c2cccc(O)c2)c1. The number of hydrogen-bond donors (Lipinski definition) is 3. The lowest BCUT2D eigenvalue weighted by molar-refractivity contribution is 0.0600. The number of phenols is 1. The van der Waals surface area contributed by atoms with Gasteiger partial charge < -0.3 is 20.3 Å². The van der Waals surface area contributed by atoms with Gasteiger partial charge in [0.25, 0.3) is 0 Å². The summed E-state index contributed by atoms with van der Waals surface area (Å²) in [5.41, 5.74) is 2.32. The fourth-order valence-electron chi connectivity index (χ4n) is 2.62.